The van der Waals surface area contributed by atoms with Gasteiger partial charge in [0.05, 0.1) is 12.1 Å². The lowest BCUT2D eigenvalue weighted by atomic mass is 10.1. The Kier molecular flexibility index (Phi) is 3.89. The van der Waals surface area contributed by atoms with E-state index in [0.717, 1.165) is 23.5 Å². The number of carbonyl (C=O) groups is 1. The average molecular weight is 260 g/mol. The maximum absolute atomic E-state index is 10.6. The summed E-state index contributed by atoms with van der Waals surface area (Å²) in [6.45, 7) is 2.04. The van der Waals surface area contributed by atoms with Crippen LogP contribution in [-0.4, -0.2) is 30.8 Å². The molecular formula is C13H16N4O2. The molecule has 0 aliphatic rings. The SMILES string of the molecule is CCc1ncccc1-c1nc(CCC(=O)O)nn1C. The van der Waals surface area contributed by atoms with Gasteiger partial charge in [0.2, 0.25) is 0 Å². The molecular weight excluding hydrogens is 244 g/mol. The third-order valence-corrected chi connectivity index (χ3v) is 2.84. The first-order chi connectivity index (χ1) is 9.11. The normalized spacial score (nSPS) is 10.6. The minimum atomic E-state index is -0.843. The molecule has 0 bridgehead atoms. The summed E-state index contributed by atoms with van der Waals surface area (Å²) in [6, 6.07) is 3.82. The number of aromatic nitrogens is 4. The van der Waals surface area contributed by atoms with Gasteiger partial charge in [-0.2, -0.15) is 5.10 Å². The lowest BCUT2D eigenvalue weighted by molar-refractivity contribution is -0.137. The molecule has 0 atom stereocenters. The Bertz CT molecular complexity index is 592. The first-order valence-corrected chi connectivity index (χ1v) is 6.17. The van der Waals surface area contributed by atoms with Crippen molar-refractivity contribution >= 4 is 5.97 Å². The summed E-state index contributed by atoms with van der Waals surface area (Å²) in [5.41, 5.74) is 1.91. The smallest absolute Gasteiger partial charge is 0.303 e. The molecule has 6 nitrogen and oxygen atoms in total. The molecule has 100 valence electrons. The summed E-state index contributed by atoms with van der Waals surface area (Å²) in [6.07, 6.45) is 2.94. The molecule has 0 amide bonds. The largest absolute Gasteiger partial charge is 0.481 e. The van der Waals surface area contributed by atoms with Crippen LogP contribution in [0.5, 0.6) is 0 Å². The van der Waals surface area contributed by atoms with Crippen LogP contribution in [0.2, 0.25) is 0 Å². The maximum Gasteiger partial charge on any atom is 0.303 e. The zero-order valence-electron chi connectivity index (χ0n) is 11.0. The first-order valence-electron chi connectivity index (χ1n) is 6.17. The van der Waals surface area contributed by atoms with Gasteiger partial charge in [0.25, 0.3) is 0 Å². The molecule has 2 heterocycles. The van der Waals surface area contributed by atoms with Gasteiger partial charge in [-0.05, 0) is 18.6 Å². The first kappa shape index (κ1) is 13.2. The van der Waals surface area contributed by atoms with Crippen LogP contribution in [0.4, 0.5) is 0 Å². The van der Waals surface area contributed by atoms with Crippen molar-refractivity contribution in [1.82, 2.24) is 19.7 Å². The molecule has 6 heteroatoms. The number of pyridine rings is 1. The summed E-state index contributed by atoms with van der Waals surface area (Å²) in [7, 11) is 1.80. The Balaban J connectivity index is 2.32. The van der Waals surface area contributed by atoms with Crippen LogP contribution in [0.1, 0.15) is 24.9 Å². The van der Waals surface area contributed by atoms with Crippen molar-refractivity contribution in [1.29, 1.82) is 0 Å². The fourth-order valence-corrected chi connectivity index (χ4v) is 1.92. The van der Waals surface area contributed by atoms with Gasteiger partial charge in [-0.1, -0.05) is 6.92 Å². The van der Waals surface area contributed by atoms with Crippen LogP contribution < -0.4 is 0 Å². The number of carboxylic acids is 1. The number of aryl methyl sites for hydroxylation is 3. The molecule has 19 heavy (non-hydrogen) atoms. The quantitative estimate of drug-likeness (QED) is 0.880. The summed E-state index contributed by atoms with van der Waals surface area (Å²) in [5.74, 6) is 0.431. The van der Waals surface area contributed by atoms with E-state index >= 15 is 0 Å². The lowest BCUT2D eigenvalue weighted by Crippen LogP contribution is -1.99. The van der Waals surface area contributed by atoms with Crippen molar-refractivity contribution in [3.63, 3.8) is 0 Å². The molecule has 1 N–H and O–H groups in total. The van der Waals surface area contributed by atoms with Crippen LogP contribution in [-0.2, 0) is 24.7 Å². The molecule has 0 aliphatic heterocycles. The molecule has 0 saturated heterocycles. The highest BCUT2D eigenvalue weighted by Crippen LogP contribution is 2.20. The van der Waals surface area contributed by atoms with E-state index in [2.05, 4.69) is 15.1 Å². The van der Waals surface area contributed by atoms with E-state index < -0.39 is 5.97 Å². The van der Waals surface area contributed by atoms with Crippen molar-refractivity contribution < 1.29 is 9.90 Å². The molecule has 0 fully saturated rings. The standard InChI is InChI=1S/C13H16N4O2/c1-3-10-9(5-4-8-14-10)13-15-11(16-17(13)2)6-7-12(18)19/h4-5,8H,3,6-7H2,1-2H3,(H,18,19). The molecule has 0 aliphatic carbocycles. The molecule has 0 aromatic carbocycles. The predicted octanol–water partition coefficient (Wildman–Crippen LogP) is 1.46. The molecule has 2 rings (SSSR count). The van der Waals surface area contributed by atoms with Crippen LogP contribution >= 0.6 is 0 Å². The monoisotopic (exact) mass is 260 g/mol. The van der Waals surface area contributed by atoms with E-state index in [4.69, 9.17) is 5.11 Å². The number of hydrogen-bond donors (Lipinski definition) is 1. The number of rotatable bonds is 5. The van der Waals surface area contributed by atoms with Gasteiger partial charge in [-0.25, -0.2) is 9.67 Å². The summed E-state index contributed by atoms with van der Waals surface area (Å²) < 4.78 is 1.67. The number of nitrogens with zero attached hydrogens (tertiary/aromatic N) is 4. The number of carboxylic acid groups (broad SMARTS) is 1. The molecule has 0 spiro atoms. The van der Waals surface area contributed by atoms with E-state index in [0.29, 0.717) is 12.2 Å². The Hall–Kier alpha value is -2.24. The molecule has 0 unspecified atom stereocenters. The molecule has 0 radical (unpaired) electrons. The Morgan fingerprint density at radius 2 is 2.26 bits per heavy atom. The Labute approximate surface area is 111 Å². The Morgan fingerprint density at radius 3 is 2.95 bits per heavy atom. The topological polar surface area (TPSA) is 80.9 Å². The van der Waals surface area contributed by atoms with Crippen LogP contribution in [0.15, 0.2) is 18.3 Å². The van der Waals surface area contributed by atoms with Gasteiger partial charge in [-0.3, -0.25) is 9.78 Å². The second-order valence-electron chi connectivity index (χ2n) is 4.22. The number of aliphatic carboxylic acids is 1. The second-order valence-corrected chi connectivity index (χ2v) is 4.22. The average Bonchev–Trinajstić information content (AvgIpc) is 2.77. The maximum atomic E-state index is 10.6. The van der Waals surface area contributed by atoms with Crippen LogP contribution in [0.25, 0.3) is 11.4 Å². The lowest BCUT2D eigenvalue weighted by Gasteiger charge is -2.04. The van der Waals surface area contributed by atoms with E-state index in [-0.39, 0.29) is 6.42 Å². The summed E-state index contributed by atoms with van der Waals surface area (Å²) in [5, 5.41) is 12.9. The van der Waals surface area contributed by atoms with Gasteiger partial charge in [0, 0.05) is 25.2 Å². The number of hydrogen-bond acceptors (Lipinski definition) is 4. The molecule has 0 saturated carbocycles. The highest BCUT2D eigenvalue weighted by atomic mass is 16.4. The predicted molar refractivity (Wildman–Crippen MR) is 69.6 cm³/mol. The highest BCUT2D eigenvalue weighted by molar-refractivity contribution is 5.67. The molecule has 2 aromatic heterocycles. The summed E-state index contributed by atoms with van der Waals surface area (Å²) >= 11 is 0. The third kappa shape index (κ3) is 2.96. The zero-order valence-corrected chi connectivity index (χ0v) is 11.0. The van der Waals surface area contributed by atoms with Gasteiger partial charge in [0.15, 0.2) is 11.6 Å². The Morgan fingerprint density at radius 1 is 1.47 bits per heavy atom. The summed E-state index contributed by atoms with van der Waals surface area (Å²) in [4.78, 5) is 19.3. The van der Waals surface area contributed by atoms with Gasteiger partial charge in [0.1, 0.15) is 0 Å². The van der Waals surface area contributed by atoms with E-state index in [1.807, 2.05) is 19.1 Å². The third-order valence-electron chi connectivity index (χ3n) is 2.84. The molecule has 2 aromatic rings. The fraction of sp³-hybridized carbons (Fsp3) is 0.385. The van der Waals surface area contributed by atoms with E-state index in [9.17, 15) is 4.79 Å². The minimum absolute atomic E-state index is 0.0388. The van der Waals surface area contributed by atoms with E-state index in [1.165, 1.54) is 0 Å². The van der Waals surface area contributed by atoms with E-state index in [1.54, 1.807) is 17.9 Å². The van der Waals surface area contributed by atoms with Crippen molar-refractivity contribution in [2.45, 2.75) is 26.2 Å². The van der Waals surface area contributed by atoms with Gasteiger partial charge in [-0.15, -0.1) is 0 Å². The fourth-order valence-electron chi connectivity index (χ4n) is 1.92. The van der Waals surface area contributed by atoms with Crippen molar-refractivity contribution in [3.8, 4) is 11.4 Å². The van der Waals surface area contributed by atoms with Gasteiger partial charge < -0.3 is 5.11 Å². The second kappa shape index (κ2) is 5.60. The van der Waals surface area contributed by atoms with Crippen molar-refractivity contribution in [2.24, 2.45) is 7.05 Å². The van der Waals surface area contributed by atoms with Crippen molar-refractivity contribution in [2.75, 3.05) is 0 Å². The van der Waals surface area contributed by atoms with Gasteiger partial charge >= 0.3 is 5.97 Å². The zero-order chi connectivity index (χ0) is 13.8. The van der Waals surface area contributed by atoms with Crippen molar-refractivity contribution in [3.05, 3.63) is 29.8 Å². The highest BCUT2D eigenvalue weighted by Gasteiger charge is 2.13. The van der Waals surface area contributed by atoms with Crippen LogP contribution in [0.3, 0.4) is 0 Å². The minimum Gasteiger partial charge on any atom is -0.481 e. The van der Waals surface area contributed by atoms with Crippen LogP contribution in [0, 0.1) is 0 Å².